The Morgan fingerprint density at radius 1 is 1.00 bits per heavy atom. The largest absolute Gasteiger partial charge is 0.459 e. The zero-order valence-corrected chi connectivity index (χ0v) is 39.3. The van der Waals surface area contributed by atoms with E-state index in [0.717, 1.165) is 44.3 Å². The van der Waals surface area contributed by atoms with Gasteiger partial charge in [0.1, 0.15) is 37.3 Å². The first-order valence-corrected chi connectivity index (χ1v) is 24.2. The van der Waals surface area contributed by atoms with E-state index >= 15 is 0 Å². The van der Waals surface area contributed by atoms with E-state index in [-0.39, 0.29) is 49.6 Å². The molecule has 0 radical (unpaired) electrons. The second-order valence-corrected chi connectivity index (χ2v) is 20.8. The van der Waals surface area contributed by atoms with Gasteiger partial charge in [0, 0.05) is 38.0 Å². The van der Waals surface area contributed by atoms with E-state index in [4.69, 9.17) is 37.9 Å². The predicted octanol–water partition coefficient (Wildman–Crippen LogP) is 6.37. The molecule has 7 rings (SSSR count). The van der Waals surface area contributed by atoms with Gasteiger partial charge in [-0.15, -0.1) is 0 Å². The number of carbonyl (C=O) groups excluding carboxylic acids is 2. The molecule has 17 atom stereocenters. The summed E-state index contributed by atoms with van der Waals surface area (Å²) >= 11 is 0. The van der Waals surface area contributed by atoms with Gasteiger partial charge < -0.3 is 58.3 Å². The van der Waals surface area contributed by atoms with Crippen LogP contribution in [0.25, 0.3) is 0 Å². The predicted molar refractivity (Wildman–Crippen MR) is 240 cm³/mol. The number of fused-ring (bicyclic) bond motifs is 1. The maximum absolute atomic E-state index is 12.9. The molecule has 0 bridgehead atoms. The first kappa shape index (κ1) is 50.3. The third-order valence-electron chi connectivity index (χ3n) is 15.0. The number of rotatable bonds is 15. The van der Waals surface area contributed by atoms with Crippen LogP contribution < -0.4 is 0 Å². The first-order valence-electron chi connectivity index (χ1n) is 24.2. The summed E-state index contributed by atoms with van der Waals surface area (Å²) < 4.78 is 51.0. The normalized spacial score (nSPS) is 41.1. The smallest absolute Gasteiger partial charge is 0.338 e. The van der Waals surface area contributed by atoms with Crippen molar-refractivity contribution in [3.05, 3.63) is 60.3 Å². The van der Waals surface area contributed by atoms with E-state index < -0.39 is 71.7 Å². The topological polar surface area (TPSA) is 189 Å². The molecule has 0 aromatic rings. The van der Waals surface area contributed by atoms with Crippen molar-refractivity contribution in [1.29, 1.82) is 0 Å². The molecule has 0 saturated carbocycles. The fourth-order valence-electron chi connectivity index (χ4n) is 11.3. The van der Waals surface area contributed by atoms with Crippen LogP contribution in [0, 0.1) is 17.8 Å². The highest BCUT2D eigenvalue weighted by Gasteiger charge is 2.55. The number of aliphatic hydroxyl groups is 4. The minimum Gasteiger partial charge on any atom is -0.459 e. The zero-order chi connectivity index (χ0) is 46.9. The van der Waals surface area contributed by atoms with Gasteiger partial charge >= 0.3 is 5.97 Å². The van der Waals surface area contributed by atoms with Crippen molar-refractivity contribution in [3.63, 3.8) is 0 Å². The molecule has 364 valence electrons. The van der Waals surface area contributed by atoms with E-state index in [2.05, 4.69) is 39.7 Å². The van der Waals surface area contributed by atoms with Gasteiger partial charge in [0.2, 0.25) is 5.79 Å². The van der Waals surface area contributed by atoms with Crippen molar-refractivity contribution in [2.45, 2.75) is 215 Å². The Bertz CT molecular complexity index is 1800. The van der Waals surface area contributed by atoms with Crippen molar-refractivity contribution in [1.82, 2.24) is 0 Å². The fourth-order valence-corrected chi connectivity index (χ4v) is 11.3. The number of ether oxygens (including phenoxy) is 8. The summed E-state index contributed by atoms with van der Waals surface area (Å²) in [6, 6.07) is 0. The monoisotopic (exact) mass is 913 g/mol. The van der Waals surface area contributed by atoms with Crippen LogP contribution in [0.15, 0.2) is 60.3 Å². The number of hydrogen-bond acceptors (Lipinski definition) is 14. The third-order valence-corrected chi connectivity index (χ3v) is 15.0. The van der Waals surface area contributed by atoms with Crippen LogP contribution in [0.2, 0.25) is 0 Å². The molecule has 4 N–H and O–H groups in total. The Balaban J connectivity index is 0.900. The van der Waals surface area contributed by atoms with Gasteiger partial charge in [-0.3, -0.25) is 4.79 Å². The minimum atomic E-state index is -1.89. The zero-order valence-electron chi connectivity index (χ0n) is 39.3. The van der Waals surface area contributed by atoms with E-state index in [1.807, 2.05) is 19.9 Å². The summed E-state index contributed by atoms with van der Waals surface area (Å²) in [5.41, 5.74) is 0.291. The van der Waals surface area contributed by atoms with Crippen molar-refractivity contribution in [2.24, 2.45) is 17.8 Å². The highest BCUT2D eigenvalue weighted by molar-refractivity contribution is 5.79. The Labute approximate surface area is 385 Å². The number of aldehydes is 1. The molecule has 0 amide bonds. The summed E-state index contributed by atoms with van der Waals surface area (Å²) in [5.74, 6) is -3.44. The van der Waals surface area contributed by atoms with Gasteiger partial charge in [0.05, 0.1) is 43.2 Å². The average Bonchev–Trinajstić information content (AvgIpc) is 3.66. The van der Waals surface area contributed by atoms with Crippen LogP contribution in [0.1, 0.15) is 131 Å². The number of allylic oxidation sites excluding steroid dienone is 1. The number of carbonyl (C=O) groups is 2. The SMILES string of the molecule is C=C(C=O)CC(=C)COC(=O)[C@](C)(O)C[C@@H]1CC[C@@H](O)[C@]2(C=C(C)C[C@@H]([C@H](C)/C=C/[C@H]3CC[C@@]4(CC[C@H]5O[C@H]([C@@H](O)C[C@H](C)[C@H]6O[C@@]7(CCCCO7)CC[C@H]6C)C(=C)[C@@H](O)[C@H]5O4)O3)O2)O1. The van der Waals surface area contributed by atoms with Crippen molar-refractivity contribution < 1.29 is 67.9 Å². The number of esters is 1. The van der Waals surface area contributed by atoms with Crippen LogP contribution in [-0.4, -0.2) is 130 Å². The van der Waals surface area contributed by atoms with Gasteiger partial charge in [-0.2, -0.15) is 0 Å². The lowest BCUT2D eigenvalue weighted by atomic mass is 9.79. The molecule has 7 heterocycles. The molecule has 7 aliphatic heterocycles. The van der Waals surface area contributed by atoms with E-state index in [1.165, 1.54) is 6.92 Å². The Kier molecular flexibility index (Phi) is 15.9. The first-order chi connectivity index (χ1) is 30.8. The molecular weight excluding hydrogens is 837 g/mol. The summed E-state index contributed by atoms with van der Waals surface area (Å²) in [4.78, 5) is 23.8. The van der Waals surface area contributed by atoms with Gasteiger partial charge in [-0.1, -0.05) is 58.2 Å². The molecule has 6 saturated heterocycles. The lowest BCUT2D eigenvalue weighted by Crippen LogP contribution is -2.60. The highest BCUT2D eigenvalue weighted by Crippen LogP contribution is 2.47. The second-order valence-electron chi connectivity index (χ2n) is 20.8. The Hall–Kier alpha value is -2.60. The summed E-state index contributed by atoms with van der Waals surface area (Å²) in [6.07, 6.45) is 9.97. The van der Waals surface area contributed by atoms with Crippen LogP contribution in [0.4, 0.5) is 0 Å². The standard InChI is InChI=1S/C51H76O14/c1-30-24-41(63-51(26-30)42(54)14-13-38(62-51)27-48(8,57)47(56)58-29-32(3)23-31(2)28-52)33(4)11-12-37-16-20-50(61-37)21-17-40-46(65-50)43(55)36(7)45(60-40)39(53)25-35(6)44-34(5)15-19-49(64-44)18-9-10-22-59-49/h11-12,26,28,33-35,37-46,53-55,57H,2-3,7,9-10,13-25,27,29H2,1,4-6,8H3/b12-11+/t33-,34-,35+,37+,38+,39+,40-,41+,42-,43-,44+,45+,46+,48-,49+,50-,51-/m1/s1. The second kappa shape index (κ2) is 20.6. The molecule has 0 unspecified atom stereocenters. The van der Waals surface area contributed by atoms with Crippen molar-refractivity contribution in [3.8, 4) is 0 Å². The maximum Gasteiger partial charge on any atom is 0.338 e. The van der Waals surface area contributed by atoms with E-state index in [9.17, 15) is 30.0 Å². The average molecular weight is 913 g/mol. The lowest BCUT2D eigenvalue weighted by molar-refractivity contribution is -0.321. The van der Waals surface area contributed by atoms with Gasteiger partial charge in [0.15, 0.2) is 17.2 Å². The van der Waals surface area contributed by atoms with Crippen molar-refractivity contribution >= 4 is 12.3 Å². The molecule has 65 heavy (non-hydrogen) atoms. The summed E-state index contributed by atoms with van der Waals surface area (Å²) in [7, 11) is 0. The van der Waals surface area contributed by atoms with E-state index in [0.29, 0.717) is 80.3 Å². The maximum atomic E-state index is 12.9. The molecule has 3 spiro atoms. The fraction of sp³-hybridized carbons (Fsp3) is 0.765. The van der Waals surface area contributed by atoms with Crippen molar-refractivity contribution in [2.75, 3.05) is 13.2 Å². The number of hydrogen-bond donors (Lipinski definition) is 4. The quantitative estimate of drug-likeness (QED) is 0.0614. The molecule has 0 aromatic carbocycles. The molecule has 6 fully saturated rings. The Morgan fingerprint density at radius 3 is 2.49 bits per heavy atom. The third kappa shape index (κ3) is 11.5. The van der Waals surface area contributed by atoms with Gasteiger partial charge in [-0.25, -0.2) is 4.79 Å². The molecule has 14 nitrogen and oxygen atoms in total. The van der Waals surface area contributed by atoms with E-state index in [1.54, 1.807) is 6.08 Å². The minimum absolute atomic E-state index is 0.0414. The highest BCUT2D eigenvalue weighted by atomic mass is 16.7. The lowest BCUT2D eigenvalue weighted by Gasteiger charge is -2.50. The molecule has 0 aromatic heterocycles. The molecule has 0 aliphatic carbocycles. The summed E-state index contributed by atoms with van der Waals surface area (Å²) in [6.45, 7) is 21.9. The Morgan fingerprint density at radius 2 is 1.75 bits per heavy atom. The number of aliphatic hydroxyl groups excluding tert-OH is 3. The molecule has 7 aliphatic rings. The van der Waals surface area contributed by atoms with Crippen LogP contribution in [0.3, 0.4) is 0 Å². The van der Waals surface area contributed by atoms with Gasteiger partial charge in [-0.05, 0) is 113 Å². The van der Waals surface area contributed by atoms with Gasteiger partial charge in [0.25, 0.3) is 0 Å². The van der Waals surface area contributed by atoms with Crippen LogP contribution >= 0.6 is 0 Å². The molecular formula is C51H76O14. The molecule has 14 heteroatoms. The van der Waals surface area contributed by atoms with Crippen LogP contribution in [0.5, 0.6) is 0 Å². The van der Waals surface area contributed by atoms with Crippen LogP contribution in [-0.2, 0) is 47.5 Å². The summed E-state index contributed by atoms with van der Waals surface area (Å²) in [5, 5.41) is 45.6.